The maximum atomic E-state index is 11.7. The summed E-state index contributed by atoms with van der Waals surface area (Å²) in [4.78, 5) is 22.5. The first-order chi connectivity index (χ1) is 10.6. The van der Waals surface area contributed by atoms with Gasteiger partial charge in [-0.1, -0.05) is 13.0 Å². The van der Waals surface area contributed by atoms with Crippen molar-refractivity contribution in [2.75, 3.05) is 13.7 Å². The second-order valence-corrected chi connectivity index (χ2v) is 5.69. The Hall–Kier alpha value is -2.04. The lowest BCUT2D eigenvalue weighted by atomic mass is 10.2. The molecule has 1 amide bonds. The SMILES string of the molecule is COC(=O)/C=C/CCNC(=O)CCc1ccc(C2CC2C)o1. The second kappa shape index (κ2) is 7.82. The maximum absolute atomic E-state index is 11.7. The smallest absolute Gasteiger partial charge is 0.330 e. The van der Waals surface area contributed by atoms with Gasteiger partial charge in [0.1, 0.15) is 11.5 Å². The van der Waals surface area contributed by atoms with E-state index in [0.29, 0.717) is 31.7 Å². The normalized spacial score (nSPS) is 20.1. The van der Waals surface area contributed by atoms with Crippen LogP contribution in [0.4, 0.5) is 0 Å². The van der Waals surface area contributed by atoms with Gasteiger partial charge in [-0.15, -0.1) is 0 Å². The molecule has 1 aliphatic carbocycles. The van der Waals surface area contributed by atoms with Gasteiger partial charge in [0, 0.05) is 31.4 Å². The van der Waals surface area contributed by atoms with Crippen molar-refractivity contribution in [3.05, 3.63) is 35.8 Å². The molecule has 0 saturated heterocycles. The molecule has 1 aromatic heterocycles. The lowest BCUT2D eigenvalue weighted by Gasteiger charge is -2.02. The minimum Gasteiger partial charge on any atom is -0.466 e. The third-order valence-corrected chi connectivity index (χ3v) is 3.84. The third kappa shape index (κ3) is 5.06. The quantitative estimate of drug-likeness (QED) is 0.455. The summed E-state index contributed by atoms with van der Waals surface area (Å²) in [5.74, 6) is 2.82. The van der Waals surface area contributed by atoms with Gasteiger partial charge in [0.15, 0.2) is 0 Å². The highest BCUT2D eigenvalue weighted by atomic mass is 16.5. The summed E-state index contributed by atoms with van der Waals surface area (Å²) < 4.78 is 10.2. The Morgan fingerprint density at radius 2 is 2.23 bits per heavy atom. The van der Waals surface area contributed by atoms with E-state index < -0.39 is 0 Å². The van der Waals surface area contributed by atoms with Crippen LogP contribution < -0.4 is 5.32 Å². The lowest BCUT2D eigenvalue weighted by molar-refractivity contribution is -0.134. The topological polar surface area (TPSA) is 68.5 Å². The molecule has 1 aliphatic rings. The van der Waals surface area contributed by atoms with Crippen LogP contribution in [0.1, 0.15) is 43.6 Å². The standard InChI is InChI=1S/C17H23NO4/c1-12-11-14(12)15-8-6-13(22-15)7-9-16(19)18-10-4-3-5-17(20)21-2/h3,5-6,8,12,14H,4,7,9-11H2,1-2H3,(H,18,19)/b5-3+. The number of nitrogens with one attached hydrogen (secondary N) is 1. The summed E-state index contributed by atoms with van der Waals surface area (Å²) in [6.45, 7) is 2.73. The van der Waals surface area contributed by atoms with E-state index in [2.05, 4.69) is 17.0 Å². The van der Waals surface area contributed by atoms with Crippen LogP contribution in [0, 0.1) is 5.92 Å². The van der Waals surface area contributed by atoms with E-state index in [9.17, 15) is 9.59 Å². The van der Waals surface area contributed by atoms with Crippen molar-refractivity contribution in [1.29, 1.82) is 0 Å². The predicted molar refractivity (Wildman–Crippen MR) is 82.3 cm³/mol. The summed E-state index contributed by atoms with van der Waals surface area (Å²) in [5.41, 5.74) is 0. The minimum absolute atomic E-state index is 0.00999. The van der Waals surface area contributed by atoms with Gasteiger partial charge in [0.05, 0.1) is 7.11 Å². The molecule has 2 unspecified atom stereocenters. The summed E-state index contributed by atoms with van der Waals surface area (Å²) in [6.07, 6.45) is 5.87. The van der Waals surface area contributed by atoms with Crippen molar-refractivity contribution < 1.29 is 18.7 Å². The Kier molecular flexibility index (Phi) is 5.81. The van der Waals surface area contributed by atoms with Crippen molar-refractivity contribution in [3.63, 3.8) is 0 Å². The fraction of sp³-hybridized carbons (Fsp3) is 0.529. The molecule has 120 valence electrons. The monoisotopic (exact) mass is 305 g/mol. The van der Waals surface area contributed by atoms with Gasteiger partial charge in [-0.25, -0.2) is 4.79 Å². The zero-order chi connectivity index (χ0) is 15.9. The molecule has 0 spiro atoms. The van der Waals surface area contributed by atoms with Crippen molar-refractivity contribution >= 4 is 11.9 Å². The summed E-state index contributed by atoms with van der Waals surface area (Å²) in [6, 6.07) is 3.99. The van der Waals surface area contributed by atoms with E-state index in [1.165, 1.54) is 19.6 Å². The largest absolute Gasteiger partial charge is 0.466 e. The Morgan fingerprint density at radius 3 is 2.91 bits per heavy atom. The molecule has 5 nitrogen and oxygen atoms in total. The number of furan rings is 1. The molecule has 1 fully saturated rings. The zero-order valence-corrected chi connectivity index (χ0v) is 13.1. The molecule has 1 saturated carbocycles. The second-order valence-electron chi connectivity index (χ2n) is 5.69. The number of aryl methyl sites for hydroxylation is 1. The zero-order valence-electron chi connectivity index (χ0n) is 13.1. The first kappa shape index (κ1) is 16.3. The van der Waals surface area contributed by atoms with Crippen molar-refractivity contribution in [2.45, 2.75) is 38.5 Å². The average Bonchev–Trinajstić information content (AvgIpc) is 3.06. The number of esters is 1. The van der Waals surface area contributed by atoms with Crippen LogP contribution in [0.3, 0.4) is 0 Å². The highest BCUT2D eigenvalue weighted by molar-refractivity contribution is 5.81. The van der Waals surface area contributed by atoms with Crippen LogP contribution in [-0.2, 0) is 20.7 Å². The summed E-state index contributed by atoms with van der Waals surface area (Å²) >= 11 is 0. The molecule has 2 atom stereocenters. The molecule has 5 heteroatoms. The van der Waals surface area contributed by atoms with E-state index in [-0.39, 0.29) is 11.9 Å². The van der Waals surface area contributed by atoms with E-state index in [1.807, 2.05) is 12.1 Å². The minimum atomic E-state index is -0.384. The number of amides is 1. The van der Waals surface area contributed by atoms with Gasteiger partial charge in [0.2, 0.25) is 5.91 Å². The van der Waals surface area contributed by atoms with E-state index in [4.69, 9.17) is 4.42 Å². The van der Waals surface area contributed by atoms with Crippen LogP contribution in [0.15, 0.2) is 28.7 Å². The average molecular weight is 305 g/mol. The van der Waals surface area contributed by atoms with Gasteiger partial charge in [-0.05, 0) is 30.9 Å². The Bertz CT molecular complexity index is 547. The Labute approximate surface area is 130 Å². The number of rotatable bonds is 8. The third-order valence-electron chi connectivity index (χ3n) is 3.84. The van der Waals surface area contributed by atoms with Gasteiger partial charge >= 0.3 is 5.97 Å². The Balaban J connectivity index is 1.60. The Morgan fingerprint density at radius 1 is 1.45 bits per heavy atom. The van der Waals surface area contributed by atoms with Crippen LogP contribution >= 0.6 is 0 Å². The van der Waals surface area contributed by atoms with Gasteiger partial charge < -0.3 is 14.5 Å². The molecular formula is C17H23NO4. The lowest BCUT2D eigenvalue weighted by Crippen LogP contribution is -2.24. The van der Waals surface area contributed by atoms with Crippen molar-refractivity contribution in [3.8, 4) is 0 Å². The van der Waals surface area contributed by atoms with Gasteiger partial charge in [-0.3, -0.25) is 4.79 Å². The summed E-state index contributed by atoms with van der Waals surface area (Å²) in [7, 11) is 1.33. The molecule has 1 aromatic rings. The fourth-order valence-electron chi connectivity index (χ4n) is 2.31. The van der Waals surface area contributed by atoms with Crippen LogP contribution in [0.2, 0.25) is 0 Å². The van der Waals surface area contributed by atoms with Crippen molar-refractivity contribution in [2.24, 2.45) is 5.92 Å². The highest BCUT2D eigenvalue weighted by Crippen LogP contribution is 2.47. The molecule has 0 aromatic carbocycles. The van der Waals surface area contributed by atoms with E-state index in [1.54, 1.807) is 6.08 Å². The maximum Gasteiger partial charge on any atom is 0.330 e. The number of carbonyl (C=O) groups is 2. The predicted octanol–water partition coefficient (Wildman–Crippen LogP) is 2.57. The number of hydrogen-bond donors (Lipinski definition) is 1. The molecule has 0 aliphatic heterocycles. The molecule has 0 bridgehead atoms. The number of methoxy groups -OCH3 is 1. The first-order valence-corrected chi connectivity index (χ1v) is 7.70. The summed E-state index contributed by atoms with van der Waals surface area (Å²) in [5, 5.41) is 2.81. The fourth-order valence-corrected chi connectivity index (χ4v) is 2.31. The molecule has 0 radical (unpaired) electrons. The van der Waals surface area contributed by atoms with Gasteiger partial charge in [0.25, 0.3) is 0 Å². The molecule has 2 rings (SSSR count). The van der Waals surface area contributed by atoms with Crippen LogP contribution in [0.5, 0.6) is 0 Å². The van der Waals surface area contributed by atoms with E-state index in [0.717, 1.165) is 17.4 Å². The van der Waals surface area contributed by atoms with Crippen LogP contribution in [-0.4, -0.2) is 25.5 Å². The van der Waals surface area contributed by atoms with Crippen LogP contribution in [0.25, 0.3) is 0 Å². The molecular weight excluding hydrogens is 282 g/mol. The highest BCUT2D eigenvalue weighted by Gasteiger charge is 2.36. The number of ether oxygens (including phenoxy) is 1. The van der Waals surface area contributed by atoms with Crippen molar-refractivity contribution in [1.82, 2.24) is 5.32 Å². The molecule has 1 heterocycles. The molecule has 1 N–H and O–H groups in total. The molecule has 22 heavy (non-hydrogen) atoms. The number of carbonyl (C=O) groups excluding carboxylic acids is 2. The number of hydrogen-bond acceptors (Lipinski definition) is 4. The van der Waals surface area contributed by atoms with E-state index >= 15 is 0 Å². The first-order valence-electron chi connectivity index (χ1n) is 7.70. The van der Waals surface area contributed by atoms with Gasteiger partial charge in [-0.2, -0.15) is 0 Å².